The lowest BCUT2D eigenvalue weighted by molar-refractivity contribution is -0.133. The molecule has 2 aromatic rings. The van der Waals surface area contributed by atoms with Gasteiger partial charge in [-0.3, -0.25) is 4.79 Å². The summed E-state index contributed by atoms with van der Waals surface area (Å²) in [6.07, 6.45) is 3.87. The molecule has 1 aromatic carbocycles. The standard InChI is InChI=1S/C24H33ClN6O/c1-17-3-8-21-22(17)23(29-16-28-21)30-11-13-31(14-12-30)24(32)20(15-27-10-9-26-2)18-4-6-19(25)7-5-18/h4-7,16-17,20,26-27H,3,8-15H2,1-2H3. The number of carbonyl (C=O) groups is 1. The van der Waals surface area contributed by atoms with E-state index in [2.05, 4.69) is 32.4 Å². The maximum absolute atomic E-state index is 13.5. The van der Waals surface area contributed by atoms with E-state index in [1.165, 1.54) is 11.3 Å². The number of hydrogen-bond donors (Lipinski definition) is 2. The number of benzene rings is 1. The van der Waals surface area contributed by atoms with Crippen LogP contribution in [-0.2, 0) is 11.2 Å². The lowest BCUT2D eigenvalue weighted by atomic mass is 9.97. The zero-order valence-electron chi connectivity index (χ0n) is 19.0. The van der Waals surface area contributed by atoms with Crippen molar-refractivity contribution in [1.82, 2.24) is 25.5 Å². The van der Waals surface area contributed by atoms with Crippen LogP contribution in [0.5, 0.6) is 0 Å². The summed E-state index contributed by atoms with van der Waals surface area (Å²) in [5.74, 6) is 1.51. The van der Waals surface area contributed by atoms with Crippen LogP contribution in [-0.4, -0.2) is 73.6 Å². The molecule has 2 N–H and O–H groups in total. The van der Waals surface area contributed by atoms with Crippen molar-refractivity contribution >= 4 is 23.3 Å². The Morgan fingerprint density at radius 2 is 1.91 bits per heavy atom. The third kappa shape index (κ3) is 5.05. The summed E-state index contributed by atoms with van der Waals surface area (Å²) in [6, 6.07) is 7.65. The molecule has 1 saturated heterocycles. The highest BCUT2D eigenvalue weighted by Gasteiger charge is 2.31. The molecule has 0 spiro atoms. The van der Waals surface area contributed by atoms with Gasteiger partial charge in [0.2, 0.25) is 5.91 Å². The van der Waals surface area contributed by atoms with E-state index >= 15 is 0 Å². The van der Waals surface area contributed by atoms with Crippen LogP contribution >= 0.6 is 11.6 Å². The van der Waals surface area contributed by atoms with Crippen LogP contribution in [0.2, 0.25) is 5.02 Å². The number of fused-ring (bicyclic) bond motifs is 1. The number of hydrogen-bond acceptors (Lipinski definition) is 6. The van der Waals surface area contributed by atoms with E-state index in [9.17, 15) is 4.79 Å². The SMILES string of the molecule is CNCCNCC(C(=O)N1CCN(c2ncnc3c2C(C)CC3)CC1)c1ccc(Cl)cc1. The van der Waals surface area contributed by atoms with Crippen LogP contribution in [0.3, 0.4) is 0 Å². The average molecular weight is 457 g/mol. The van der Waals surface area contributed by atoms with Gasteiger partial charge in [-0.1, -0.05) is 30.7 Å². The zero-order chi connectivity index (χ0) is 22.5. The predicted octanol–water partition coefficient (Wildman–Crippen LogP) is 2.42. The Balaban J connectivity index is 1.43. The van der Waals surface area contributed by atoms with E-state index in [1.807, 2.05) is 36.2 Å². The summed E-state index contributed by atoms with van der Waals surface area (Å²) >= 11 is 6.08. The van der Waals surface area contributed by atoms with Crippen molar-refractivity contribution in [2.75, 3.05) is 57.8 Å². The molecule has 0 bridgehead atoms. The number of carbonyl (C=O) groups excluding carboxylic acids is 1. The molecule has 1 amide bonds. The number of rotatable bonds is 8. The Morgan fingerprint density at radius 3 is 2.62 bits per heavy atom. The number of halogens is 1. The van der Waals surface area contributed by atoms with Gasteiger partial charge in [0.25, 0.3) is 0 Å². The quantitative estimate of drug-likeness (QED) is 0.594. The maximum atomic E-state index is 13.5. The Morgan fingerprint density at radius 1 is 1.16 bits per heavy atom. The number of aryl methyl sites for hydroxylation is 1. The Hall–Kier alpha value is -2.22. The fraction of sp³-hybridized carbons (Fsp3) is 0.542. The fourth-order valence-electron chi connectivity index (χ4n) is 4.74. The molecule has 2 atom stereocenters. The summed E-state index contributed by atoms with van der Waals surface area (Å²) in [7, 11) is 1.93. The summed E-state index contributed by atoms with van der Waals surface area (Å²) < 4.78 is 0. The van der Waals surface area contributed by atoms with Crippen LogP contribution < -0.4 is 15.5 Å². The molecule has 1 fully saturated rings. The van der Waals surface area contributed by atoms with Gasteiger partial charge in [-0.25, -0.2) is 9.97 Å². The first-order valence-electron chi connectivity index (χ1n) is 11.6. The first-order chi connectivity index (χ1) is 15.6. The number of anilines is 1. The summed E-state index contributed by atoms with van der Waals surface area (Å²) in [4.78, 5) is 27.0. The second-order valence-corrected chi connectivity index (χ2v) is 9.16. The molecule has 1 aliphatic carbocycles. The van der Waals surface area contributed by atoms with Gasteiger partial charge in [-0.15, -0.1) is 0 Å². The zero-order valence-corrected chi connectivity index (χ0v) is 19.7. The molecule has 1 aromatic heterocycles. The lowest BCUT2D eigenvalue weighted by Crippen LogP contribution is -2.51. The second kappa shape index (κ2) is 10.6. The van der Waals surface area contributed by atoms with E-state index in [0.717, 1.165) is 50.4 Å². The van der Waals surface area contributed by atoms with Crippen LogP contribution in [0.1, 0.15) is 42.0 Å². The number of nitrogens with zero attached hydrogens (tertiary/aromatic N) is 4. The number of aromatic nitrogens is 2. The molecule has 7 nitrogen and oxygen atoms in total. The molecule has 8 heteroatoms. The molecule has 2 aliphatic rings. The fourth-order valence-corrected chi connectivity index (χ4v) is 4.86. The number of nitrogens with one attached hydrogen (secondary N) is 2. The van der Waals surface area contributed by atoms with Crippen LogP contribution in [0.15, 0.2) is 30.6 Å². The van der Waals surface area contributed by atoms with Crippen molar-refractivity contribution in [2.45, 2.75) is 31.6 Å². The predicted molar refractivity (Wildman–Crippen MR) is 129 cm³/mol. The van der Waals surface area contributed by atoms with Gasteiger partial charge >= 0.3 is 0 Å². The summed E-state index contributed by atoms with van der Waals surface area (Å²) in [5.41, 5.74) is 3.50. The normalized spacial score (nSPS) is 19.2. The molecule has 1 aliphatic heterocycles. The van der Waals surface area contributed by atoms with Gasteiger partial charge in [0.1, 0.15) is 12.1 Å². The van der Waals surface area contributed by atoms with Crippen molar-refractivity contribution in [3.63, 3.8) is 0 Å². The Kier molecular flexibility index (Phi) is 7.60. The average Bonchev–Trinajstić information content (AvgIpc) is 3.21. The minimum Gasteiger partial charge on any atom is -0.353 e. The molecule has 2 heterocycles. The highest BCUT2D eigenvalue weighted by Crippen LogP contribution is 2.37. The van der Waals surface area contributed by atoms with E-state index < -0.39 is 0 Å². The molecule has 0 radical (unpaired) electrons. The largest absolute Gasteiger partial charge is 0.353 e. The number of likely N-dealkylation sites (N-methyl/N-ethyl adjacent to an activating group) is 1. The monoisotopic (exact) mass is 456 g/mol. The van der Waals surface area contributed by atoms with Gasteiger partial charge in [0.05, 0.1) is 5.92 Å². The van der Waals surface area contributed by atoms with E-state index in [1.54, 1.807) is 6.33 Å². The first-order valence-corrected chi connectivity index (χ1v) is 11.9. The number of piperazine rings is 1. The third-order valence-electron chi connectivity index (χ3n) is 6.61. The van der Waals surface area contributed by atoms with E-state index in [0.29, 0.717) is 30.6 Å². The van der Waals surface area contributed by atoms with Gasteiger partial charge in [-0.2, -0.15) is 0 Å². The van der Waals surface area contributed by atoms with E-state index in [4.69, 9.17) is 11.6 Å². The third-order valence-corrected chi connectivity index (χ3v) is 6.87. The second-order valence-electron chi connectivity index (χ2n) is 8.72. The number of amides is 1. The molecule has 32 heavy (non-hydrogen) atoms. The maximum Gasteiger partial charge on any atom is 0.231 e. The smallest absolute Gasteiger partial charge is 0.231 e. The molecule has 4 rings (SSSR count). The molecule has 2 unspecified atom stereocenters. The minimum absolute atomic E-state index is 0.171. The molecular formula is C24H33ClN6O. The highest BCUT2D eigenvalue weighted by molar-refractivity contribution is 6.30. The van der Waals surface area contributed by atoms with Crippen molar-refractivity contribution < 1.29 is 4.79 Å². The highest BCUT2D eigenvalue weighted by atomic mass is 35.5. The Labute approximate surface area is 195 Å². The van der Waals surface area contributed by atoms with Gasteiger partial charge in [-0.05, 0) is 43.5 Å². The van der Waals surface area contributed by atoms with Crippen LogP contribution in [0.4, 0.5) is 5.82 Å². The molecule has 0 saturated carbocycles. The molecule has 172 valence electrons. The van der Waals surface area contributed by atoms with Crippen LogP contribution in [0, 0.1) is 0 Å². The van der Waals surface area contributed by atoms with Crippen molar-refractivity contribution in [2.24, 2.45) is 0 Å². The van der Waals surface area contributed by atoms with Gasteiger partial charge in [0, 0.05) is 62.1 Å². The van der Waals surface area contributed by atoms with E-state index in [-0.39, 0.29) is 11.8 Å². The summed E-state index contributed by atoms with van der Waals surface area (Å²) in [5, 5.41) is 7.23. The van der Waals surface area contributed by atoms with Crippen molar-refractivity contribution in [3.8, 4) is 0 Å². The Bertz CT molecular complexity index is 913. The first kappa shape index (κ1) is 23.0. The van der Waals surface area contributed by atoms with Gasteiger partial charge < -0.3 is 20.4 Å². The van der Waals surface area contributed by atoms with Crippen molar-refractivity contribution in [3.05, 3.63) is 52.4 Å². The lowest BCUT2D eigenvalue weighted by Gasteiger charge is -2.38. The minimum atomic E-state index is -0.223. The van der Waals surface area contributed by atoms with Crippen LogP contribution in [0.25, 0.3) is 0 Å². The summed E-state index contributed by atoms with van der Waals surface area (Å²) in [6.45, 7) is 7.54. The molecular weight excluding hydrogens is 424 g/mol. The topological polar surface area (TPSA) is 73.4 Å². The van der Waals surface area contributed by atoms with Gasteiger partial charge in [0.15, 0.2) is 0 Å². The van der Waals surface area contributed by atoms with Crippen molar-refractivity contribution in [1.29, 1.82) is 0 Å².